The average Bonchev–Trinajstić information content (AvgIpc) is 2.71. The standard InChI is InChI=1S/C23H21IN2O4/c1-23(2,28)15-30-20-11-10-19(13-21(20)29-3)26-22(27)12-17(14-25-26)5-4-16-6-8-18(24)9-7-16/h6-14,28H,15H2,1-3H3. The normalized spacial score (nSPS) is 10.8. The Kier molecular flexibility index (Phi) is 6.80. The Labute approximate surface area is 188 Å². The third-order valence-corrected chi connectivity index (χ3v) is 4.69. The number of methoxy groups -OCH3 is 1. The van der Waals surface area contributed by atoms with Crippen LogP contribution in [0.5, 0.6) is 11.5 Å². The first-order valence-corrected chi connectivity index (χ1v) is 10.2. The van der Waals surface area contributed by atoms with Gasteiger partial charge in [-0.3, -0.25) is 4.79 Å². The van der Waals surface area contributed by atoms with Crippen LogP contribution >= 0.6 is 22.6 Å². The maximum Gasteiger partial charge on any atom is 0.272 e. The highest BCUT2D eigenvalue weighted by molar-refractivity contribution is 14.1. The largest absolute Gasteiger partial charge is 0.493 e. The van der Waals surface area contributed by atoms with Crippen LogP contribution in [-0.2, 0) is 0 Å². The molecule has 0 spiro atoms. The highest BCUT2D eigenvalue weighted by Crippen LogP contribution is 2.29. The third kappa shape index (κ3) is 5.84. The average molecular weight is 516 g/mol. The summed E-state index contributed by atoms with van der Waals surface area (Å²) in [6.07, 6.45) is 1.55. The molecule has 0 radical (unpaired) electrons. The molecule has 0 aliphatic heterocycles. The van der Waals surface area contributed by atoms with E-state index in [1.54, 1.807) is 38.2 Å². The van der Waals surface area contributed by atoms with Gasteiger partial charge in [0.25, 0.3) is 5.56 Å². The van der Waals surface area contributed by atoms with Crippen LogP contribution < -0.4 is 15.0 Å². The monoisotopic (exact) mass is 516 g/mol. The molecule has 30 heavy (non-hydrogen) atoms. The first kappa shape index (κ1) is 21.9. The maximum atomic E-state index is 12.6. The molecular formula is C23H21IN2O4. The van der Waals surface area contributed by atoms with Crippen LogP contribution in [0.25, 0.3) is 5.69 Å². The van der Waals surface area contributed by atoms with Gasteiger partial charge in [-0.25, -0.2) is 0 Å². The van der Waals surface area contributed by atoms with E-state index in [1.165, 1.54) is 17.9 Å². The van der Waals surface area contributed by atoms with E-state index in [-0.39, 0.29) is 12.2 Å². The SMILES string of the molecule is COc1cc(-n2ncc(C#Cc3ccc(I)cc3)cc2=O)ccc1OCC(C)(C)O. The van der Waals surface area contributed by atoms with Crippen LogP contribution in [0.4, 0.5) is 0 Å². The predicted octanol–water partition coefficient (Wildman–Crippen LogP) is 3.40. The summed E-state index contributed by atoms with van der Waals surface area (Å²) in [5.74, 6) is 6.90. The second kappa shape index (κ2) is 9.32. The van der Waals surface area contributed by atoms with Crippen molar-refractivity contribution in [1.29, 1.82) is 0 Å². The molecule has 154 valence electrons. The van der Waals surface area contributed by atoms with E-state index in [0.717, 1.165) is 9.13 Å². The topological polar surface area (TPSA) is 73.6 Å². The van der Waals surface area contributed by atoms with Crippen LogP contribution in [-0.4, -0.2) is 34.2 Å². The van der Waals surface area contributed by atoms with Gasteiger partial charge in [-0.05, 0) is 72.8 Å². The molecule has 1 heterocycles. The quantitative estimate of drug-likeness (QED) is 0.416. The minimum atomic E-state index is -0.975. The van der Waals surface area contributed by atoms with Crippen LogP contribution in [0.1, 0.15) is 25.0 Å². The van der Waals surface area contributed by atoms with Gasteiger partial charge in [-0.15, -0.1) is 0 Å². The van der Waals surface area contributed by atoms with Crippen LogP contribution in [0.3, 0.4) is 0 Å². The minimum Gasteiger partial charge on any atom is -0.493 e. The molecule has 2 aromatic carbocycles. The van der Waals surface area contributed by atoms with Gasteiger partial charge >= 0.3 is 0 Å². The summed E-state index contributed by atoms with van der Waals surface area (Å²) in [5.41, 5.74) is 0.649. The van der Waals surface area contributed by atoms with Crippen molar-refractivity contribution in [3.8, 4) is 29.0 Å². The molecule has 3 aromatic rings. The number of benzene rings is 2. The zero-order chi connectivity index (χ0) is 21.7. The van der Waals surface area contributed by atoms with Gasteiger partial charge in [0, 0.05) is 21.3 Å². The van der Waals surface area contributed by atoms with Crippen molar-refractivity contribution in [3.05, 3.63) is 79.8 Å². The Balaban J connectivity index is 1.84. The number of halogens is 1. The highest BCUT2D eigenvalue weighted by Gasteiger charge is 2.16. The lowest BCUT2D eigenvalue weighted by atomic mass is 10.2. The van der Waals surface area contributed by atoms with Gasteiger partial charge in [0.15, 0.2) is 11.5 Å². The second-order valence-electron chi connectivity index (χ2n) is 7.19. The van der Waals surface area contributed by atoms with E-state index < -0.39 is 5.60 Å². The number of hydrogen-bond acceptors (Lipinski definition) is 5. The molecule has 1 N–H and O–H groups in total. The first-order valence-electron chi connectivity index (χ1n) is 9.16. The molecule has 0 unspecified atom stereocenters. The molecule has 0 aliphatic carbocycles. The molecule has 6 nitrogen and oxygen atoms in total. The fourth-order valence-electron chi connectivity index (χ4n) is 2.51. The third-order valence-electron chi connectivity index (χ3n) is 3.97. The Hall–Kier alpha value is -2.83. The van der Waals surface area contributed by atoms with Gasteiger partial charge in [-0.2, -0.15) is 9.78 Å². The zero-order valence-electron chi connectivity index (χ0n) is 16.8. The fraction of sp³-hybridized carbons (Fsp3) is 0.217. The highest BCUT2D eigenvalue weighted by atomic mass is 127. The molecule has 0 atom stereocenters. The number of hydrogen-bond donors (Lipinski definition) is 1. The Morgan fingerprint density at radius 1 is 1.07 bits per heavy atom. The minimum absolute atomic E-state index is 0.106. The van der Waals surface area contributed by atoms with Crippen molar-refractivity contribution in [2.45, 2.75) is 19.4 Å². The van der Waals surface area contributed by atoms with E-state index in [4.69, 9.17) is 9.47 Å². The lowest BCUT2D eigenvalue weighted by molar-refractivity contribution is 0.0276. The fourth-order valence-corrected chi connectivity index (χ4v) is 2.87. The van der Waals surface area contributed by atoms with Crippen molar-refractivity contribution in [2.75, 3.05) is 13.7 Å². The van der Waals surface area contributed by atoms with Crippen molar-refractivity contribution in [2.24, 2.45) is 0 Å². The van der Waals surface area contributed by atoms with E-state index in [9.17, 15) is 9.90 Å². The van der Waals surface area contributed by atoms with Crippen molar-refractivity contribution in [1.82, 2.24) is 9.78 Å². The second-order valence-corrected chi connectivity index (χ2v) is 8.43. The van der Waals surface area contributed by atoms with Gasteiger partial charge in [0.2, 0.25) is 0 Å². The van der Waals surface area contributed by atoms with Crippen LogP contribution in [0.15, 0.2) is 59.5 Å². The number of nitrogens with zero attached hydrogens (tertiary/aromatic N) is 2. The zero-order valence-corrected chi connectivity index (χ0v) is 19.0. The van der Waals surface area contributed by atoms with Gasteiger partial charge in [-0.1, -0.05) is 11.8 Å². The summed E-state index contributed by atoms with van der Waals surface area (Å²) < 4.78 is 13.4. The summed E-state index contributed by atoms with van der Waals surface area (Å²) in [7, 11) is 1.51. The summed E-state index contributed by atoms with van der Waals surface area (Å²) in [6.45, 7) is 3.41. The molecule has 3 rings (SSSR count). The summed E-state index contributed by atoms with van der Waals surface area (Å²) in [5, 5.41) is 14.1. The first-order chi connectivity index (χ1) is 14.2. The smallest absolute Gasteiger partial charge is 0.272 e. The molecule has 0 amide bonds. The van der Waals surface area contributed by atoms with Crippen molar-refractivity contribution < 1.29 is 14.6 Å². The van der Waals surface area contributed by atoms with E-state index in [0.29, 0.717) is 22.7 Å². The number of aliphatic hydroxyl groups is 1. The molecule has 0 saturated carbocycles. The molecule has 0 fully saturated rings. The lowest BCUT2D eigenvalue weighted by Crippen LogP contribution is -2.28. The summed E-state index contributed by atoms with van der Waals surface area (Å²) in [4.78, 5) is 12.6. The van der Waals surface area contributed by atoms with E-state index in [1.807, 2.05) is 24.3 Å². The summed E-state index contributed by atoms with van der Waals surface area (Å²) >= 11 is 2.23. The van der Waals surface area contributed by atoms with Gasteiger partial charge < -0.3 is 14.6 Å². The molecular weight excluding hydrogens is 495 g/mol. The molecule has 1 aromatic heterocycles. The molecule has 0 aliphatic rings. The predicted molar refractivity (Wildman–Crippen MR) is 123 cm³/mol. The van der Waals surface area contributed by atoms with Crippen molar-refractivity contribution >= 4 is 22.6 Å². The van der Waals surface area contributed by atoms with E-state index in [2.05, 4.69) is 39.5 Å². The number of aromatic nitrogens is 2. The van der Waals surface area contributed by atoms with Crippen molar-refractivity contribution in [3.63, 3.8) is 0 Å². The lowest BCUT2D eigenvalue weighted by Gasteiger charge is -2.19. The van der Waals surface area contributed by atoms with Crippen LogP contribution in [0.2, 0.25) is 0 Å². The van der Waals surface area contributed by atoms with Gasteiger partial charge in [0.1, 0.15) is 6.61 Å². The summed E-state index contributed by atoms with van der Waals surface area (Å²) in [6, 6.07) is 14.3. The van der Waals surface area contributed by atoms with E-state index >= 15 is 0 Å². The molecule has 0 saturated heterocycles. The molecule has 0 bridgehead atoms. The van der Waals surface area contributed by atoms with Crippen LogP contribution in [0, 0.1) is 15.4 Å². The Bertz CT molecular complexity index is 1150. The molecule has 7 heteroatoms. The Morgan fingerprint density at radius 3 is 2.40 bits per heavy atom. The maximum absolute atomic E-state index is 12.6. The number of rotatable bonds is 5. The Morgan fingerprint density at radius 2 is 1.77 bits per heavy atom. The number of ether oxygens (including phenoxy) is 2. The van der Waals surface area contributed by atoms with Gasteiger partial charge in [0.05, 0.1) is 30.2 Å².